The van der Waals surface area contributed by atoms with Crippen LogP contribution in [0.3, 0.4) is 0 Å². The first-order chi connectivity index (χ1) is 14.4. The molecule has 0 aliphatic carbocycles. The van der Waals surface area contributed by atoms with E-state index < -0.39 is 5.97 Å². The van der Waals surface area contributed by atoms with E-state index in [-0.39, 0.29) is 11.8 Å². The van der Waals surface area contributed by atoms with Crippen LogP contribution in [0.4, 0.5) is 0 Å². The van der Waals surface area contributed by atoms with E-state index in [9.17, 15) is 9.59 Å². The van der Waals surface area contributed by atoms with Gasteiger partial charge in [0.25, 0.3) is 0 Å². The molecule has 0 saturated carbocycles. The smallest absolute Gasteiger partial charge is 0.339 e. The molecule has 162 valence electrons. The monoisotopic (exact) mass is 413 g/mol. The van der Waals surface area contributed by atoms with Crippen LogP contribution < -0.4 is 4.74 Å². The summed E-state index contributed by atoms with van der Waals surface area (Å²) >= 11 is 0. The third-order valence-corrected chi connectivity index (χ3v) is 5.83. The summed E-state index contributed by atoms with van der Waals surface area (Å²) in [6, 6.07) is 9.57. The summed E-state index contributed by atoms with van der Waals surface area (Å²) in [6.07, 6.45) is 0. The van der Waals surface area contributed by atoms with E-state index in [0.717, 1.165) is 38.5 Å². The standard InChI is InChI=1S/C23H31N3O4/c1-16-20(23(28)29-4)17(2)24-21(16)22(27)18(3)26-12-10-25(11-13-26)14-15-30-19-8-6-5-7-9-19/h5-9,18,24H,10-15H2,1-4H3/t18-/m0/s1. The van der Waals surface area contributed by atoms with Crippen molar-refractivity contribution in [3.05, 3.63) is 52.8 Å². The highest BCUT2D eigenvalue weighted by Crippen LogP contribution is 2.22. The van der Waals surface area contributed by atoms with Gasteiger partial charge in [0, 0.05) is 38.4 Å². The highest BCUT2D eigenvalue weighted by atomic mass is 16.5. The summed E-state index contributed by atoms with van der Waals surface area (Å²) < 4.78 is 10.6. The quantitative estimate of drug-likeness (QED) is 0.530. The third kappa shape index (κ3) is 4.91. The minimum absolute atomic E-state index is 0.00612. The molecule has 0 radical (unpaired) electrons. The van der Waals surface area contributed by atoms with Gasteiger partial charge in [-0.25, -0.2) is 4.79 Å². The molecule has 2 heterocycles. The Morgan fingerprint density at radius 2 is 1.77 bits per heavy atom. The predicted octanol–water partition coefficient (Wildman–Crippen LogP) is 2.69. The topological polar surface area (TPSA) is 74.9 Å². The number of benzene rings is 1. The lowest BCUT2D eigenvalue weighted by Crippen LogP contribution is -2.52. The van der Waals surface area contributed by atoms with Crippen molar-refractivity contribution in [1.29, 1.82) is 0 Å². The minimum Gasteiger partial charge on any atom is -0.492 e. The van der Waals surface area contributed by atoms with Crippen LogP contribution in [0.15, 0.2) is 30.3 Å². The lowest BCUT2D eigenvalue weighted by atomic mass is 10.0. The number of piperazine rings is 1. The summed E-state index contributed by atoms with van der Waals surface area (Å²) in [4.78, 5) is 32.7. The molecular weight excluding hydrogens is 382 g/mol. The summed E-state index contributed by atoms with van der Waals surface area (Å²) in [6.45, 7) is 10.5. The largest absolute Gasteiger partial charge is 0.492 e. The zero-order valence-corrected chi connectivity index (χ0v) is 18.2. The Balaban J connectivity index is 1.52. The zero-order chi connectivity index (χ0) is 21.7. The van der Waals surface area contributed by atoms with Crippen molar-refractivity contribution in [3.8, 4) is 5.75 Å². The Kier molecular flexibility index (Phi) is 7.29. The number of aryl methyl sites for hydroxylation is 1. The van der Waals surface area contributed by atoms with Crippen molar-refractivity contribution in [2.24, 2.45) is 0 Å². The number of carbonyl (C=O) groups is 2. The molecule has 1 aliphatic rings. The average molecular weight is 414 g/mol. The summed E-state index contributed by atoms with van der Waals surface area (Å²) in [5.41, 5.74) is 2.28. The van der Waals surface area contributed by atoms with E-state index in [0.29, 0.717) is 29.1 Å². The molecule has 2 aromatic rings. The van der Waals surface area contributed by atoms with Gasteiger partial charge in [-0.05, 0) is 38.5 Å². The molecule has 0 spiro atoms. The molecule has 1 aliphatic heterocycles. The fourth-order valence-electron chi connectivity index (χ4n) is 3.96. The van der Waals surface area contributed by atoms with Gasteiger partial charge in [-0.1, -0.05) is 18.2 Å². The van der Waals surface area contributed by atoms with Crippen LogP contribution in [0.5, 0.6) is 5.75 Å². The van der Waals surface area contributed by atoms with E-state index >= 15 is 0 Å². The molecule has 0 amide bonds. The molecule has 7 heteroatoms. The number of nitrogens with one attached hydrogen (secondary N) is 1. The van der Waals surface area contributed by atoms with Crippen LogP contribution in [0.25, 0.3) is 0 Å². The number of ketones is 1. The Labute approximate surface area is 178 Å². The fraction of sp³-hybridized carbons (Fsp3) is 0.478. The van der Waals surface area contributed by atoms with E-state index in [1.54, 1.807) is 13.8 Å². The van der Waals surface area contributed by atoms with Gasteiger partial charge in [0.15, 0.2) is 5.78 Å². The molecule has 3 rings (SSSR count). The fourth-order valence-corrected chi connectivity index (χ4v) is 3.96. The molecule has 1 saturated heterocycles. The van der Waals surface area contributed by atoms with E-state index in [2.05, 4.69) is 14.8 Å². The van der Waals surface area contributed by atoms with Crippen LogP contribution in [0.2, 0.25) is 0 Å². The highest BCUT2D eigenvalue weighted by molar-refractivity contribution is 6.03. The Morgan fingerprint density at radius 3 is 2.40 bits per heavy atom. The van der Waals surface area contributed by atoms with Crippen molar-refractivity contribution in [2.45, 2.75) is 26.8 Å². The van der Waals surface area contributed by atoms with E-state index in [4.69, 9.17) is 9.47 Å². The number of rotatable bonds is 8. The summed E-state index contributed by atoms with van der Waals surface area (Å²) in [5, 5.41) is 0. The number of Topliss-reactive ketones (excluding diaryl/α,β-unsaturated/α-hetero) is 1. The molecule has 1 N–H and O–H groups in total. The van der Waals surface area contributed by atoms with E-state index in [1.807, 2.05) is 37.3 Å². The zero-order valence-electron chi connectivity index (χ0n) is 18.2. The minimum atomic E-state index is -0.417. The number of esters is 1. The average Bonchev–Trinajstić information content (AvgIpc) is 3.07. The molecule has 1 aromatic carbocycles. The maximum atomic E-state index is 13.1. The number of aromatic nitrogens is 1. The van der Waals surface area contributed by atoms with Crippen LogP contribution >= 0.6 is 0 Å². The predicted molar refractivity (Wildman–Crippen MR) is 115 cm³/mol. The van der Waals surface area contributed by atoms with Crippen LogP contribution in [0, 0.1) is 13.8 Å². The third-order valence-electron chi connectivity index (χ3n) is 5.83. The number of nitrogens with zero attached hydrogens (tertiary/aromatic N) is 2. The number of para-hydroxylation sites is 1. The number of carbonyl (C=O) groups excluding carboxylic acids is 2. The second-order valence-electron chi connectivity index (χ2n) is 7.70. The maximum Gasteiger partial charge on any atom is 0.339 e. The number of hydrogen-bond acceptors (Lipinski definition) is 6. The Morgan fingerprint density at radius 1 is 1.10 bits per heavy atom. The molecule has 0 bridgehead atoms. The lowest BCUT2D eigenvalue weighted by molar-refractivity contribution is 0.0599. The SMILES string of the molecule is COC(=O)c1c(C)[nH]c(C(=O)[C@H](C)N2CCN(CCOc3ccccc3)CC2)c1C. The van der Waals surface area contributed by atoms with Gasteiger partial charge in [0.2, 0.25) is 0 Å². The molecule has 7 nitrogen and oxygen atoms in total. The maximum absolute atomic E-state index is 13.1. The van der Waals surface area contributed by atoms with Crippen molar-refractivity contribution < 1.29 is 19.1 Å². The van der Waals surface area contributed by atoms with Crippen LogP contribution in [-0.2, 0) is 4.74 Å². The molecule has 0 unspecified atom stereocenters. The molecular formula is C23H31N3O4. The Hall–Kier alpha value is -2.64. The number of methoxy groups -OCH3 is 1. The Bertz CT molecular complexity index is 870. The number of H-pyrrole nitrogens is 1. The first-order valence-electron chi connectivity index (χ1n) is 10.4. The van der Waals surface area contributed by atoms with Crippen molar-refractivity contribution in [1.82, 2.24) is 14.8 Å². The molecule has 1 aromatic heterocycles. The number of hydrogen-bond donors (Lipinski definition) is 1. The number of ether oxygens (including phenoxy) is 2. The summed E-state index contributed by atoms with van der Waals surface area (Å²) in [7, 11) is 1.35. The van der Waals surface area contributed by atoms with Crippen LogP contribution in [-0.4, -0.2) is 79.0 Å². The van der Waals surface area contributed by atoms with Gasteiger partial charge < -0.3 is 14.5 Å². The second-order valence-corrected chi connectivity index (χ2v) is 7.70. The molecule has 1 atom stereocenters. The van der Waals surface area contributed by atoms with Gasteiger partial charge in [0.05, 0.1) is 24.4 Å². The van der Waals surface area contributed by atoms with Crippen LogP contribution in [0.1, 0.15) is 39.0 Å². The first-order valence-corrected chi connectivity index (χ1v) is 10.4. The summed E-state index contributed by atoms with van der Waals surface area (Å²) in [5.74, 6) is 0.476. The molecule has 30 heavy (non-hydrogen) atoms. The van der Waals surface area contributed by atoms with Crippen molar-refractivity contribution in [2.75, 3.05) is 46.4 Å². The van der Waals surface area contributed by atoms with E-state index in [1.165, 1.54) is 7.11 Å². The lowest BCUT2D eigenvalue weighted by Gasteiger charge is -2.37. The van der Waals surface area contributed by atoms with Gasteiger partial charge in [-0.2, -0.15) is 0 Å². The first kappa shape index (κ1) is 22.1. The normalized spacial score (nSPS) is 16.3. The number of aromatic amines is 1. The van der Waals surface area contributed by atoms with Gasteiger partial charge >= 0.3 is 5.97 Å². The van der Waals surface area contributed by atoms with Gasteiger partial charge in [-0.3, -0.25) is 14.6 Å². The van der Waals surface area contributed by atoms with Crippen molar-refractivity contribution >= 4 is 11.8 Å². The molecule has 1 fully saturated rings. The van der Waals surface area contributed by atoms with Gasteiger partial charge in [0.1, 0.15) is 12.4 Å². The van der Waals surface area contributed by atoms with Gasteiger partial charge in [-0.15, -0.1) is 0 Å². The highest BCUT2D eigenvalue weighted by Gasteiger charge is 2.30. The second kappa shape index (κ2) is 9.91. The van der Waals surface area contributed by atoms with Crippen molar-refractivity contribution in [3.63, 3.8) is 0 Å².